The lowest BCUT2D eigenvalue weighted by molar-refractivity contribution is -0.157. The van der Waals surface area contributed by atoms with Crippen molar-refractivity contribution in [2.75, 3.05) is 7.11 Å². The first-order valence-electron chi connectivity index (χ1n) is 14.2. The first-order valence-corrected chi connectivity index (χ1v) is 14.2. The van der Waals surface area contributed by atoms with E-state index >= 15 is 0 Å². The molecule has 4 rings (SSSR count). The Morgan fingerprint density at radius 2 is 1.62 bits per heavy atom. The number of hydrogen-bond donors (Lipinski definition) is 0. The molecule has 4 aliphatic carbocycles. The van der Waals surface area contributed by atoms with Crippen LogP contribution in [0.15, 0.2) is 0 Å². The SMILES string of the molecule is COC(=O)C1CCC2(C)C(CCC3C2CCC2(C)C(C(C)CCC(=O)OC(C)(C)C)CCC32)C1. The van der Waals surface area contributed by atoms with Crippen LogP contribution in [0.25, 0.3) is 0 Å². The molecule has 4 aliphatic rings. The minimum Gasteiger partial charge on any atom is -0.469 e. The molecule has 4 saturated carbocycles. The van der Waals surface area contributed by atoms with Gasteiger partial charge in [-0.2, -0.15) is 0 Å². The molecule has 0 spiro atoms. The smallest absolute Gasteiger partial charge is 0.308 e. The molecule has 0 aromatic rings. The van der Waals surface area contributed by atoms with Gasteiger partial charge in [-0.05, 0) is 131 Å². The summed E-state index contributed by atoms with van der Waals surface area (Å²) in [6.07, 6.45) is 12.7. The molecule has 4 fully saturated rings. The second-order valence-corrected chi connectivity index (χ2v) is 14.0. The number of hydrogen-bond acceptors (Lipinski definition) is 4. The predicted octanol–water partition coefficient (Wildman–Crippen LogP) is 7.19. The van der Waals surface area contributed by atoms with Crippen LogP contribution in [0, 0.1) is 52.3 Å². The first kappa shape index (κ1) is 26.0. The van der Waals surface area contributed by atoms with Gasteiger partial charge in [-0.3, -0.25) is 9.59 Å². The third-order valence-corrected chi connectivity index (χ3v) is 11.2. The Bertz CT molecular complexity index is 768. The molecule has 4 heteroatoms. The Balaban J connectivity index is 1.41. The Hall–Kier alpha value is -1.06. The summed E-state index contributed by atoms with van der Waals surface area (Å²) in [7, 11) is 1.54. The highest BCUT2D eigenvalue weighted by molar-refractivity contribution is 5.72. The average molecular weight is 475 g/mol. The number of rotatable bonds is 5. The summed E-state index contributed by atoms with van der Waals surface area (Å²) < 4.78 is 10.7. The van der Waals surface area contributed by atoms with Gasteiger partial charge in [-0.1, -0.05) is 20.8 Å². The fraction of sp³-hybridized carbons (Fsp3) is 0.933. The molecule has 0 amide bonds. The summed E-state index contributed by atoms with van der Waals surface area (Å²) in [4.78, 5) is 24.6. The monoisotopic (exact) mass is 474 g/mol. The topological polar surface area (TPSA) is 52.6 Å². The number of ether oxygens (including phenoxy) is 2. The number of esters is 2. The van der Waals surface area contributed by atoms with E-state index in [0.717, 1.165) is 42.9 Å². The van der Waals surface area contributed by atoms with E-state index in [4.69, 9.17) is 9.47 Å². The fourth-order valence-electron chi connectivity index (χ4n) is 9.55. The maximum atomic E-state index is 12.3. The minimum atomic E-state index is -0.395. The lowest BCUT2D eigenvalue weighted by Crippen LogP contribution is -2.54. The van der Waals surface area contributed by atoms with Crippen molar-refractivity contribution < 1.29 is 19.1 Å². The van der Waals surface area contributed by atoms with Gasteiger partial charge in [0.25, 0.3) is 0 Å². The third kappa shape index (κ3) is 4.69. The fourth-order valence-corrected chi connectivity index (χ4v) is 9.55. The van der Waals surface area contributed by atoms with E-state index in [1.165, 1.54) is 44.9 Å². The Morgan fingerprint density at radius 3 is 2.29 bits per heavy atom. The van der Waals surface area contributed by atoms with Crippen LogP contribution in [-0.2, 0) is 19.1 Å². The number of carbonyl (C=O) groups excluding carboxylic acids is 2. The van der Waals surface area contributed by atoms with Crippen LogP contribution in [-0.4, -0.2) is 24.6 Å². The maximum absolute atomic E-state index is 12.3. The van der Waals surface area contributed by atoms with Crippen LogP contribution in [0.2, 0.25) is 0 Å². The maximum Gasteiger partial charge on any atom is 0.308 e. The van der Waals surface area contributed by atoms with Gasteiger partial charge in [0.15, 0.2) is 0 Å². The van der Waals surface area contributed by atoms with E-state index in [9.17, 15) is 9.59 Å². The Kier molecular flexibility index (Phi) is 7.22. The zero-order chi connectivity index (χ0) is 24.9. The van der Waals surface area contributed by atoms with Gasteiger partial charge in [0.2, 0.25) is 0 Å². The van der Waals surface area contributed by atoms with E-state index in [-0.39, 0.29) is 17.9 Å². The van der Waals surface area contributed by atoms with Crippen molar-refractivity contribution in [3.63, 3.8) is 0 Å². The second-order valence-electron chi connectivity index (χ2n) is 14.0. The zero-order valence-electron chi connectivity index (χ0n) is 23.0. The molecule has 0 bridgehead atoms. The average Bonchev–Trinajstić information content (AvgIpc) is 3.12. The number of fused-ring (bicyclic) bond motifs is 5. The van der Waals surface area contributed by atoms with Gasteiger partial charge in [0.1, 0.15) is 5.60 Å². The van der Waals surface area contributed by atoms with Gasteiger partial charge < -0.3 is 9.47 Å². The van der Waals surface area contributed by atoms with Crippen LogP contribution in [0.4, 0.5) is 0 Å². The molecule has 194 valence electrons. The summed E-state index contributed by atoms with van der Waals surface area (Å²) in [5.74, 6) is 4.56. The van der Waals surface area contributed by atoms with Crippen molar-refractivity contribution in [2.24, 2.45) is 52.3 Å². The van der Waals surface area contributed by atoms with E-state index in [2.05, 4.69) is 20.8 Å². The van der Waals surface area contributed by atoms with E-state index in [1.807, 2.05) is 20.8 Å². The minimum absolute atomic E-state index is 0.0133. The third-order valence-electron chi connectivity index (χ3n) is 11.2. The standard InChI is InChI=1S/C30H50O4/c1-19(8-13-26(31)34-28(2,3)4)23-11-12-24-22-10-9-21-18-20(27(32)33-7)14-16-29(21,5)25(22)15-17-30(23,24)6/h19-25H,8-18H2,1-7H3. The highest BCUT2D eigenvalue weighted by Gasteiger charge is 2.60. The zero-order valence-corrected chi connectivity index (χ0v) is 23.0. The molecule has 4 nitrogen and oxygen atoms in total. The molecule has 34 heavy (non-hydrogen) atoms. The summed E-state index contributed by atoms with van der Waals surface area (Å²) in [6, 6.07) is 0. The van der Waals surface area contributed by atoms with Crippen LogP contribution in [0.5, 0.6) is 0 Å². The van der Waals surface area contributed by atoms with Crippen LogP contribution in [0.1, 0.15) is 112 Å². The molecule has 9 atom stereocenters. The summed E-state index contributed by atoms with van der Waals surface area (Å²) in [5.41, 5.74) is 0.421. The highest BCUT2D eigenvalue weighted by atomic mass is 16.6. The van der Waals surface area contributed by atoms with E-state index in [0.29, 0.717) is 29.1 Å². The lowest BCUT2D eigenvalue weighted by atomic mass is 9.44. The van der Waals surface area contributed by atoms with Gasteiger partial charge in [0.05, 0.1) is 13.0 Å². The summed E-state index contributed by atoms with van der Waals surface area (Å²) in [5, 5.41) is 0. The van der Waals surface area contributed by atoms with Crippen molar-refractivity contribution >= 4 is 11.9 Å². The van der Waals surface area contributed by atoms with Crippen molar-refractivity contribution in [3.8, 4) is 0 Å². The summed E-state index contributed by atoms with van der Waals surface area (Å²) >= 11 is 0. The lowest BCUT2D eigenvalue weighted by Gasteiger charge is -2.61. The number of carbonyl (C=O) groups is 2. The number of methoxy groups -OCH3 is 1. The largest absolute Gasteiger partial charge is 0.469 e. The van der Waals surface area contributed by atoms with Gasteiger partial charge in [-0.15, -0.1) is 0 Å². The molecule has 0 aliphatic heterocycles. The van der Waals surface area contributed by atoms with Crippen molar-refractivity contribution in [3.05, 3.63) is 0 Å². The van der Waals surface area contributed by atoms with Crippen molar-refractivity contribution in [1.29, 1.82) is 0 Å². The molecule has 0 heterocycles. The van der Waals surface area contributed by atoms with Crippen LogP contribution >= 0.6 is 0 Å². The quantitative estimate of drug-likeness (QED) is 0.396. The Labute approximate surface area is 208 Å². The van der Waals surface area contributed by atoms with E-state index in [1.54, 1.807) is 7.11 Å². The molecule has 0 aromatic carbocycles. The van der Waals surface area contributed by atoms with Gasteiger partial charge in [-0.25, -0.2) is 0 Å². The van der Waals surface area contributed by atoms with Crippen LogP contribution in [0.3, 0.4) is 0 Å². The molecular formula is C30H50O4. The van der Waals surface area contributed by atoms with Crippen LogP contribution < -0.4 is 0 Å². The molecular weight excluding hydrogens is 424 g/mol. The predicted molar refractivity (Wildman–Crippen MR) is 135 cm³/mol. The van der Waals surface area contributed by atoms with Gasteiger partial charge in [0, 0.05) is 6.42 Å². The van der Waals surface area contributed by atoms with Gasteiger partial charge >= 0.3 is 11.9 Å². The van der Waals surface area contributed by atoms with E-state index < -0.39 is 5.60 Å². The molecule has 0 N–H and O–H groups in total. The highest BCUT2D eigenvalue weighted by Crippen LogP contribution is 2.68. The van der Waals surface area contributed by atoms with Crippen molar-refractivity contribution in [1.82, 2.24) is 0 Å². The second kappa shape index (κ2) is 9.43. The normalized spacial score (nSPS) is 42.7. The molecule has 0 radical (unpaired) electrons. The summed E-state index contributed by atoms with van der Waals surface area (Å²) in [6.45, 7) is 13.4. The molecule has 0 saturated heterocycles. The molecule has 9 unspecified atom stereocenters. The molecule has 0 aromatic heterocycles. The first-order chi connectivity index (χ1) is 15.9. The van der Waals surface area contributed by atoms with Crippen molar-refractivity contribution in [2.45, 2.75) is 118 Å². The Morgan fingerprint density at radius 1 is 0.941 bits per heavy atom.